The molecule has 2 heteroatoms. The van der Waals surface area contributed by atoms with Crippen LogP contribution >= 0.6 is 22.6 Å². The zero-order chi connectivity index (χ0) is 5.98. The number of hydrogen-bond donors (Lipinski definition) is 0. The minimum absolute atomic E-state index is 0.830. The van der Waals surface area contributed by atoms with E-state index in [0.29, 0.717) is 0 Å². The van der Waals surface area contributed by atoms with E-state index in [9.17, 15) is 0 Å². The summed E-state index contributed by atoms with van der Waals surface area (Å²) >= 11 is 2.23. The normalized spacial score (nSPS) is 9.12. The summed E-state index contributed by atoms with van der Waals surface area (Å²) in [5.41, 5.74) is 0.830. The van der Waals surface area contributed by atoms with Gasteiger partial charge in [0.05, 0.1) is 0 Å². The molecule has 1 aromatic carbocycles. The zero-order valence-electron chi connectivity index (χ0n) is 4.26. The lowest BCUT2D eigenvalue weighted by Gasteiger charge is -1.89. The molecule has 0 unspecified atom stereocenters. The molecule has 0 nitrogen and oxygen atoms in total. The Morgan fingerprint density at radius 1 is 1.38 bits per heavy atom. The first-order chi connectivity index (χ1) is 3.79. The van der Waals surface area contributed by atoms with E-state index in [-0.39, 0.29) is 0 Å². The topological polar surface area (TPSA) is 0 Å². The molecule has 0 amide bonds. The number of hydrogen-bond acceptors (Lipinski definition) is 0. The van der Waals surface area contributed by atoms with Crippen LogP contribution in [0.25, 0.3) is 0 Å². The van der Waals surface area contributed by atoms with Gasteiger partial charge in [-0.25, -0.2) is 0 Å². The van der Waals surface area contributed by atoms with Crippen molar-refractivity contribution in [1.29, 1.82) is 0 Å². The molecular formula is C6H4BI. The summed E-state index contributed by atoms with van der Waals surface area (Å²) in [6.07, 6.45) is 0. The van der Waals surface area contributed by atoms with Gasteiger partial charge in [0.1, 0.15) is 7.85 Å². The van der Waals surface area contributed by atoms with Crippen LogP contribution in [0.15, 0.2) is 24.3 Å². The Morgan fingerprint density at radius 2 is 2.12 bits per heavy atom. The molecule has 0 fully saturated rings. The Kier molecular flexibility index (Phi) is 1.94. The SMILES string of the molecule is [B]c1cccc(I)c1. The molecule has 0 heterocycles. The summed E-state index contributed by atoms with van der Waals surface area (Å²) in [5.74, 6) is 0. The van der Waals surface area contributed by atoms with Crippen LogP contribution < -0.4 is 5.46 Å². The highest BCUT2D eigenvalue weighted by Gasteiger charge is 1.82. The Labute approximate surface area is 63.8 Å². The maximum atomic E-state index is 5.45. The van der Waals surface area contributed by atoms with Crippen LogP contribution in [0.1, 0.15) is 0 Å². The highest BCUT2D eigenvalue weighted by Crippen LogP contribution is 1.98. The van der Waals surface area contributed by atoms with Crippen molar-refractivity contribution in [1.82, 2.24) is 0 Å². The molecule has 1 aromatic rings. The molecule has 1 rings (SSSR count). The van der Waals surface area contributed by atoms with E-state index >= 15 is 0 Å². The summed E-state index contributed by atoms with van der Waals surface area (Å²) in [6, 6.07) is 7.76. The van der Waals surface area contributed by atoms with E-state index in [0.717, 1.165) is 5.46 Å². The predicted octanol–water partition coefficient (Wildman–Crippen LogP) is 1.08. The van der Waals surface area contributed by atoms with Crippen molar-refractivity contribution in [3.05, 3.63) is 27.8 Å². The third-order valence-electron chi connectivity index (χ3n) is 0.849. The summed E-state index contributed by atoms with van der Waals surface area (Å²) in [5, 5.41) is 0. The van der Waals surface area contributed by atoms with Gasteiger partial charge in [0.25, 0.3) is 0 Å². The van der Waals surface area contributed by atoms with E-state index in [2.05, 4.69) is 22.6 Å². The maximum Gasteiger partial charge on any atom is 0.113 e. The van der Waals surface area contributed by atoms with Crippen LogP contribution in [0, 0.1) is 3.57 Å². The average molecular weight is 214 g/mol. The van der Waals surface area contributed by atoms with E-state index in [1.807, 2.05) is 24.3 Å². The van der Waals surface area contributed by atoms with Crippen molar-refractivity contribution < 1.29 is 0 Å². The van der Waals surface area contributed by atoms with Gasteiger partial charge in [0.2, 0.25) is 0 Å². The van der Waals surface area contributed by atoms with Gasteiger partial charge in [-0.2, -0.15) is 0 Å². The summed E-state index contributed by atoms with van der Waals surface area (Å²) in [7, 11) is 5.45. The van der Waals surface area contributed by atoms with Crippen molar-refractivity contribution in [2.24, 2.45) is 0 Å². The molecule has 0 spiro atoms. The largest absolute Gasteiger partial charge is 0.113 e. The van der Waals surface area contributed by atoms with E-state index < -0.39 is 0 Å². The van der Waals surface area contributed by atoms with Crippen LogP contribution in [0.4, 0.5) is 0 Å². The predicted molar refractivity (Wildman–Crippen MR) is 44.5 cm³/mol. The third kappa shape index (κ3) is 1.51. The van der Waals surface area contributed by atoms with Crippen LogP contribution in [0.3, 0.4) is 0 Å². The van der Waals surface area contributed by atoms with Crippen LogP contribution in [0.5, 0.6) is 0 Å². The molecule has 0 aliphatic rings. The Morgan fingerprint density at radius 3 is 2.50 bits per heavy atom. The minimum Gasteiger partial charge on any atom is -0.0956 e. The molecule has 0 aliphatic carbocycles. The molecule has 0 saturated heterocycles. The minimum atomic E-state index is 0.830. The molecule has 0 bridgehead atoms. The molecule has 0 atom stereocenters. The molecule has 0 aliphatic heterocycles. The first-order valence-electron chi connectivity index (χ1n) is 2.30. The molecule has 8 heavy (non-hydrogen) atoms. The van der Waals surface area contributed by atoms with E-state index in [1.54, 1.807) is 0 Å². The van der Waals surface area contributed by atoms with Crippen LogP contribution in [-0.2, 0) is 0 Å². The standard InChI is InChI=1S/C6H4BI/c7-5-2-1-3-6(8)4-5/h1-4H. The molecule has 0 N–H and O–H groups in total. The van der Waals surface area contributed by atoms with Gasteiger partial charge in [0.15, 0.2) is 0 Å². The van der Waals surface area contributed by atoms with Crippen LogP contribution in [-0.4, -0.2) is 7.85 Å². The second-order valence-electron chi connectivity index (χ2n) is 1.56. The quantitative estimate of drug-likeness (QED) is 0.447. The lowest BCUT2D eigenvalue weighted by atomic mass is 9.97. The second kappa shape index (κ2) is 2.53. The number of rotatable bonds is 0. The monoisotopic (exact) mass is 214 g/mol. The van der Waals surface area contributed by atoms with Crippen molar-refractivity contribution in [3.8, 4) is 0 Å². The lowest BCUT2D eigenvalue weighted by Crippen LogP contribution is -1.99. The van der Waals surface area contributed by atoms with Gasteiger partial charge in [-0.3, -0.25) is 0 Å². The van der Waals surface area contributed by atoms with Gasteiger partial charge in [-0.15, -0.1) is 0 Å². The smallest absolute Gasteiger partial charge is 0.0956 e. The van der Waals surface area contributed by atoms with Gasteiger partial charge in [0, 0.05) is 3.57 Å². The van der Waals surface area contributed by atoms with Crippen molar-refractivity contribution in [2.75, 3.05) is 0 Å². The lowest BCUT2D eigenvalue weighted by molar-refractivity contribution is 1.70. The zero-order valence-corrected chi connectivity index (χ0v) is 6.42. The highest BCUT2D eigenvalue weighted by molar-refractivity contribution is 14.1. The average Bonchev–Trinajstić information content (AvgIpc) is 1.64. The van der Waals surface area contributed by atoms with Gasteiger partial charge in [-0.05, 0) is 28.7 Å². The fourth-order valence-electron chi connectivity index (χ4n) is 0.507. The van der Waals surface area contributed by atoms with Crippen molar-refractivity contribution >= 4 is 35.9 Å². The molecule has 38 valence electrons. The third-order valence-corrected chi connectivity index (χ3v) is 1.52. The molecular weight excluding hydrogens is 210 g/mol. The second-order valence-corrected chi connectivity index (χ2v) is 2.80. The first-order valence-corrected chi connectivity index (χ1v) is 3.38. The fraction of sp³-hybridized carbons (Fsp3) is 0. The van der Waals surface area contributed by atoms with Gasteiger partial charge < -0.3 is 0 Å². The van der Waals surface area contributed by atoms with Crippen molar-refractivity contribution in [2.45, 2.75) is 0 Å². The van der Waals surface area contributed by atoms with Crippen molar-refractivity contribution in [3.63, 3.8) is 0 Å². The van der Waals surface area contributed by atoms with E-state index in [1.165, 1.54) is 3.57 Å². The maximum absolute atomic E-state index is 5.45. The highest BCUT2D eigenvalue weighted by atomic mass is 127. The first kappa shape index (κ1) is 6.14. The molecule has 2 radical (unpaired) electrons. The molecule has 0 saturated carbocycles. The van der Waals surface area contributed by atoms with Gasteiger partial charge >= 0.3 is 0 Å². The van der Waals surface area contributed by atoms with Crippen LogP contribution in [0.2, 0.25) is 0 Å². The molecule has 0 aromatic heterocycles. The summed E-state index contributed by atoms with van der Waals surface area (Å²) < 4.78 is 1.18. The number of benzene rings is 1. The Hall–Kier alpha value is 0.0149. The fourth-order valence-corrected chi connectivity index (χ4v) is 1.07. The Balaban J connectivity index is 3.08. The van der Waals surface area contributed by atoms with Gasteiger partial charge in [-0.1, -0.05) is 23.7 Å². The summed E-state index contributed by atoms with van der Waals surface area (Å²) in [4.78, 5) is 0. The van der Waals surface area contributed by atoms with E-state index in [4.69, 9.17) is 7.85 Å². The number of halogens is 1. The Bertz CT molecular complexity index is 168. The summed E-state index contributed by atoms with van der Waals surface area (Å²) in [6.45, 7) is 0.